The molecule has 1 atom stereocenters. The first-order valence-corrected chi connectivity index (χ1v) is 7.43. The van der Waals surface area contributed by atoms with Crippen LogP contribution in [0.5, 0.6) is 0 Å². The molecule has 0 saturated heterocycles. The molecule has 0 amide bonds. The molecule has 0 aromatic heterocycles. The minimum Gasteiger partial charge on any atom is -0.480 e. The highest BCUT2D eigenvalue weighted by Crippen LogP contribution is 2.10. The maximum Gasteiger partial charge on any atom is 0.321 e. The molecule has 118 valence electrons. The fourth-order valence-corrected chi connectivity index (χ4v) is 1.96. The van der Waals surface area contributed by atoms with E-state index >= 15 is 0 Å². The second kappa shape index (κ2) is 7.00. The lowest BCUT2D eigenvalue weighted by Gasteiger charge is -2.21. The van der Waals surface area contributed by atoms with Crippen LogP contribution >= 0.6 is 0 Å². The number of aliphatic carboxylic acids is 1. The first-order valence-electron chi connectivity index (χ1n) is 5.99. The van der Waals surface area contributed by atoms with Gasteiger partial charge in [-0.1, -0.05) is 0 Å². The molecular formula is C11H22N2O6S. The van der Waals surface area contributed by atoms with E-state index < -0.39 is 33.8 Å². The quantitative estimate of drug-likeness (QED) is 0.638. The van der Waals surface area contributed by atoms with Crippen LogP contribution in [0.4, 0.5) is 0 Å². The average Bonchev–Trinajstić information content (AvgIpc) is 2.20. The number of rotatable bonds is 7. The summed E-state index contributed by atoms with van der Waals surface area (Å²) in [5, 5.41) is 8.97. The summed E-state index contributed by atoms with van der Waals surface area (Å²) in [7, 11) is -1.33. The fourth-order valence-electron chi connectivity index (χ4n) is 1.17. The summed E-state index contributed by atoms with van der Waals surface area (Å²) in [6, 6.07) is -1.38. The number of carbonyl (C=O) groups is 2. The third-order valence-electron chi connectivity index (χ3n) is 2.13. The van der Waals surface area contributed by atoms with Crippen LogP contribution in [0, 0.1) is 0 Å². The second-order valence-electron chi connectivity index (χ2n) is 5.42. The maximum atomic E-state index is 11.6. The summed E-state index contributed by atoms with van der Waals surface area (Å²) in [4.78, 5) is 22.5. The lowest BCUT2D eigenvalue weighted by molar-refractivity contribution is -0.155. The molecule has 0 heterocycles. The number of ether oxygens (including phenoxy) is 1. The van der Waals surface area contributed by atoms with Crippen molar-refractivity contribution in [2.75, 3.05) is 14.1 Å². The van der Waals surface area contributed by atoms with Crippen molar-refractivity contribution in [1.82, 2.24) is 9.03 Å². The number of carbonyl (C=O) groups excluding carboxylic acids is 1. The van der Waals surface area contributed by atoms with Gasteiger partial charge < -0.3 is 9.84 Å². The summed E-state index contributed by atoms with van der Waals surface area (Å²) in [5.41, 5.74) is -0.668. The summed E-state index contributed by atoms with van der Waals surface area (Å²) in [6.45, 7) is 5.07. The molecule has 0 aliphatic rings. The molecule has 0 radical (unpaired) electrons. The number of nitrogens with one attached hydrogen (secondary N) is 1. The number of carboxylic acid groups (broad SMARTS) is 1. The van der Waals surface area contributed by atoms with Gasteiger partial charge in [0.15, 0.2) is 0 Å². The van der Waals surface area contributed by atoms with Crippen molar-refractivity contribution in [1.29, 1.82) is 0 Å². The molecule has 0 saturated carbocycles. The molecule has 0 bridgehead atoms. The van der Waals surface area contributed by atoms with E-state index in [4.69, 9.17) is 9.84 Å². The van der Waals surface area contributed by atoms with E-state index in [1.807, 2.05) is 4.72 Å². The van der Waals surface area contributed by atoms with Crippen LogP contribution in [0.1, 0.15) is 33.6 Å². The highest BCUT2D eigenvalue weighted by atomic mass is 32.2. The number of nitrogens with zero attached hydrogens (tertiary/aromatic N) is 1. The monoisotopic (exact) mass is 310 g/mol. The summed E-state index contributed by atoms with van der Waals surface area (Å²) in [6.07, 6.45) is -0.374. The van der Waals surface area contributed by atoms with Crippen molar-refractivity contribution in [2.45, 2.75) is 45.3 Å². The van der Waals surface area contributed by atoms with Gasteiger partial charge in [0.2, 0.25) is 0 Å². The van der Waals surface area contributed by atoms with Crippen LogP contribution in [0.3, 0.4) is 0 Å². The lowest BCUT2D eigenvalue weighted by Crippen LogP contribution is -2.46. The Morgan fingerprint density at radius 3 is 2.15 bits per heavy atom. The van der Waals surface area contributed by atoms with Gasteiger partial charge in [-0.25, -0.2) is 0 Å². The standard InChI is InChI=1S/C11H22N2O6S/c1-11(2,3)19-9(14)7-6-8(10(15)16)12-20(17,18)13(4)5/h8,12H,6-7H2,1-5H3,(H,15,16)/t8-/m1/s1. The Kier molecular flexibility index (Phi) is 6.59. The zero-order valence-corrected chi connectivity index (χ0v) is 13.2. The zero-order chi connectivity index (χ0) is 16.1. The van der Waals surface area contributed by atoms with E-state index in [-0.39, 0.29) is 12.8 Å². The van der Waals surface area contributed by atoms with Gasteiger partial charge in [-0.2, -0.15) is 17.4 Å². The van der Waals surface area contributed by atoms with Gasteiger partial charge in [-0.3, -0.25) is 9.59 Å². The van der Waals surface area contributed by atoms with Crippen LogP contribution in [0.15, 0.2) is 0 Å². The summed E-state index contributed by atoms with van der Waals surface area (Å²) < 4.78 is 31.0. The van der Waals surface area contributed by atoms with Crippen LogP contribution in [0.25, 0.3) is 0 Å². The van der Waals surface area contributed by atoms with Crippen LogP contribution in [-0.2, 0) is 24.5 Å². The van der Waals surface area contributed by atoms with Gasteiger partial charge in [-0.15, -0.1) is 0 Å². The Balaban J connectivity index is 4.60. The Hall–Kier alpha value is -1.19. The fraction of sp³-hybridized carbons (Fsp3) is 0.818. The average molecular weight is 310 g/mol. The van der Waals surface area contributed by atoms with Gasteiger partial charge in [0.05, 0.1) is 0 Å². The van der Waals surface area contributed by atoms with E-state index in [2.05, 4.69) is 0 Å². The number of carboxylic acids is 1. The van der Waals surface area contributed by atoms with E-state index in [9.17, 15) is 18.0 Å². The van der Waals surface area contributed by atoms with E-state index in [0.717, 1.165) is 4.31 Å². The topological polar surface area (TPSA) is 113 Å². The molecule has 0 unspecified atom stereocenters. The van der Waals surface area contributed by atoms with Gasteiger partial charge in [0.1, 0.15) is 11.6 Å². The van der Waals surface area contributed by atoms with Gasteiger partial charge >= 0.3 is 11.9 Å². The minimum absolute atomic E-state index is 0.183. The smallest absolute Gasteiger partial charge is 0.321 e. The van der Waals surface area contributed by atoms with Crippen molar-refractivity contribution in [3.05, 3.63) is 0 Å². The predicted octanol–water partition coefficient (Wildman–Crippen LogP) is -0.0425. The Morgan fingerprint density at radius 1 is 1.30 bits per heavy atom. The van der Waals surface area contributed by atoms with Gasteiger partial charge in [0.25, 0.3) is 10.2 Å². The molecule has 0 fully saturated rings. The number of esters is 1. The molecule has 0 aromatic carbocycles. The molecular weight excluding hydrogens is 288 g/mol. The van der Waals surface area contributed by atoms with E-state index in [1.165, 1.54) is 14.1 Å². The Morgan fingerprint density at radius 2 is 1.80 bits per heavy atom. The highest BCUT2D eigenvalue weighted by molar-refractivity contribution is 7.87. The lowest BCUT2D eigenvalue weighted by atomic mass is 10.1. The van der Waals surface area contributed by atoms with Crippen molar-refractivity contribution in [3.8, 4) is 0 Å². The van der Waals surface area contributed by atoms with Crippen LogP contribution in [-0.4, -0.2) is 55.5 Å². The molecule has 0 aliphatic carbocycles. The number of hydrogen-bond donors (Lipinski definition) is 2. The van der Waals surface area contributed by atoms with E-state index in [0.29, 0.717) is 0 Å². The van der Waals surface area contributed by atoms with Crippen LogP contribution < -0.4 is 4.72 Å². The Labute approximate surface area is 119 Å². The molecule has 20 heavy (non-hydrogen) atoms. The highest BCUT2D eigenvalue weighted by Gasteiger charge is 2.27. The minimum atomic E-state index is -3.88. The van der Waals surface area contributed by atoms with Gasteiger partial charge in [-0.05, 0) is 27.2 Å². The van der Waals surface area contributed by atoms with Gasteiger partial charge in [0, 0.05) is 20.5 Å². The summed E-state index contributed by atoms with van der Waals surface area (Å²) >= 11 is 0. The van der Waals surface area contributed by atoms with Crippen molar-refractivity contribution in [2.24, 2.45) is 0 Å². The third-order valence-corrected chi connectivity index (χ3v) is 3.67. The molecule has 0 aromatic rings. The van der Waals surface area contributed by atoms with E-state index in [1.54, 1.807) is 20.8 Å². The third kappa shape index (κ3) is 7.41. The second-order valence-corrected chi connectivity index (χ2v) is 7.34. The SMILES string of the molecule is CN(C)S(=O)(=O)N[C@H](CCC(=O)OC(C)(C)C)C(=O)O. The Bertz CT molecular complexity index is 452. The molecule has 0 aliphatic heterocycles. The zero-order valence-electron chi connectivity index (χ0n) is 12.3. The first kappa shape index (κ1) is 18.8. The first-order chi connectivity index (χ1) is 8.85. The molecule has 0 rings (SSSR count). The van der Waals surface area contributed by atoms with Crippen molar-refractivity contribution in [3.63, 3.8) is 0 Å². The molecule has 8 nitrogen and oxygen atoms in total. The molecule has 0 spiro atoms. The van der Waals surface area contributed by atoms with Crippen molar-refractivity contribution >= 4 is 22.1 Å². The number of hydrogen-bond acceptors (Lipinski definition) is 5. The predicted molar refractivity (Wildman–Crippen MR) is 72.2 cm³/mol. The largest absolute Gasteiger partial charge is 0.480 e. The maximum absolute atomic E-state index is 11.6. The van der Waals surface area contributed by atoms with Crippen molar-refractivity contribution < 1.29 is 27.9 Å². The normalized spacial score (nSPS) is 14.1. The molecule has 2 N–H and O–H groups in total. The molecule has 9 heteroatoms. The van der Waals surface area contributed by atoms with Crippen LogP contribution in [0.2, 0.25) is 0 Å². The summed E-state index contributed by atoms with van der Waals surface area (Å²) in [5.74, 6) is -1.92.